The third-order valence-electron chi connectivity index (χ3n) is 3.58. The molecule has 0 radical (unpaired) electrons. The molecule has 0 aliphatic carbocycles. The third kappa shape index (κ3) is 5.27. The van der Waals surface area contributed by atoms with Crippen molar-refractivity contribution >= 4 is 11.3 Å². The number of hydrogen-bond acceptors (Lipinski definition) is 3. The van der Waals surface area contributed by atoms with Crippen LogP contribution in [-0.2, 0) is 19.6 Å². The third-order valence-corrected chi connectivity index (χ3v) is 4.65. The van der Waals surface area contributed by atoms with Crippen molar-refractivity contribution in [2.24, 2.45) is 0 Å². The quantitative estimate of drug-likeness (QED) is 0.783. The first-order valence-corrected chi connectivity index (χ1v) is 8.57. The molecule has 1 N–H and O–H groups in total. The van der Waals surface area contributed by atoms with Crippen molar-refractivity contribution in [3.05, 3.63) is 57.8 Å². The standard InChI is InChI=1S/C18H26N2S/c1-4-19-12-17-10-11-18(21-17)14-20(15(2)3)13-16-8-6-5-7-9-16/h5-11,15,19H,4,12-14H2,1-3H3. The van der Waals surface area contributed by atoms with Gasteiger partial charge in [0.1, 0.15) is 0 Å². The van der Waals surface area contributed by atoms with E-state index in [1.807, 2.05) is 11.3 Å². The summed E-state index contributed by atoms with van der Waals surface area (Å²) in [5.41, 5.74) is 1.38. The van der Waals surface area contributed by atoms with E-state index in [0.717, 1.165) is 26.2 Å². The van der Waals surface area contributed by atoms with Crippen LogP contribution in [0.15, 0.2) is 42.5 Å². The van der Waals surface area contributed by atoms with Crippen molar-refractivity contribution in [3.63, 3.8) is 0 Å². The molecule has 2 rings (SSSR count). The molecule has 0 saturated heterocycles. The van der Waals surface area contributed by atoms with Gasteiger partial charge < -0.3 is 5.32 Å². The number of nitrogens with zero attached hydrogens (tertiary/aromatic N) is 1. The van der Waals surface area contributed by atoms with Gasteiger partial charge in [-0.1, -0.05) is 37.3 Å². The maximum Gasteiger partial charge on any atom is 0.0334 e. The van der Waals surface area contributed by atoms with Gasteiger partial charge in [0, 0.05) is 35.4 Å². The fourth-order valence-corrected chi connectivity index (χ4v) is 3.30. The molecule has 1 aromatic carbocycles. The molecule has 2 nitrogen and oxygen atoms in total. The number of rotatable bonds is 8. The summed E-state index contributed by atoms with van der Waals surface area (Å²) in [6.45, 7) is 10.8. The van der Waals surface area contributed by atoms with Crippen LogP contribution < -0.4 is 5.32 Å². The SMILES string of the molecule is CCNCc1ccc(CN(Cc2ccccc2)C(C)C)s1. The Hall–Kier alpha value is -1.16. The van der Waals surface area contributed by atoms with E-state index in [2.05, 4.69) is 73.5 Å². The Labute approximate surface area is 132 Å². The van der Waals surface area contributed by atoms with Crippen LogP contribution >= 0.6 is 11.3 Å². The summed E-state index contributed by atoms with van der Waals surface area (Å²) < 4.78 is 0. The summed E-state index contributed by atoms with van der Waals surface area (Å²) in [7, 11) is 0. The molecule has 2 aromatic rings. The number of thiophene rings is 1. The van der Waals surface area contributed by atoms with Gasteiger partial charge in [0.05, 0.1) is 0 Å². The van der Waals surface area contributed by atoms with E-state index in [9.17, 15) is 0 Å². The van der Waals surface area contributed by atoms with E-state index in [0.29, 0.717) is 6.04 Å². The maximum atomic E-state index is 3.39. The predicted octanol–water partition coefficient (Wildman–Crippen LogP) is 4.27. The minimum absolute atomic E-state index is 0.546. The molecule has 3 heteroatoms. The molecule has 0 aliphatic heterocycles. The highest BCUT2D eigenvalue weighted by Crippen LogP contribution is 2.20. The Morgan fingerprint density at radius 3 is 2.38 bits per heavy atom. The molecule has 1 heterocycles. The van der Waals surface area contributed by atoms with Crippen molar-refractivity contribution in [2.75, 3.05) is 6.54 Å². The fourth-order valence-electron chi connectivity index (χ4n) is 2.29. The van der Waals surface area contributed by atoms with Gasteiger partial charge in [0.15, 0.2) is 0 Å². The van der Waals surface area contributed by atoms with Gasteiger partial charge in [-0.2, -0.15) is 0 Å². The summed E-state index contributed by atoms with van der Waals surface area (Å²) in [5.74, 6) is 0. The van der Waals surface area contributed by atoms with Crippen LogP contribution in [0.4, 0.5) is 0 Å². The molecule has 0 unspecified atom stereocenters. The van der Waals surface area contributed by atoms with Crippen LogP contribution in [0.1, 0.15) is 36.1 Å². The molecule has 21 heavy (non-hydrogen) atoms. The second-order valence-corrected chi connectivity index (χ2v) is 6.89. The van der Waals surface area contributed by atoms with E-state index < -0.39 is 0 Å². The zero-order chi connectivity index (χ0) is 15.1. The molecule has 0 amide bonds. The van der Waals surface area contributed by atoms with Crippen LogP contribution in [-0.4, -0.2) is 17.5 Å². The highest BCUT2D eigenvalue weighted by molar-refractivity contribution is 7.11. The van der Waals surface area contributed by atoms with Gasteiger partial charge in [-0.25, -0.2) is 0 Å². The molecule has 114 valence electrons. The lowest BCUT2D eigenvalue weighted by Gasteiger charge is -2.26. The topological polar surface area (TPSA) is 15.3 Å². The molecule has 0 saturated carbocycles. The lowest BCUT2D eigenvalue weighted by atomic mass is 10.2. The highest BCUT2D eigenvalue weighted by atomic mass is 32.1. The molecule has 0 spiro atoms. The zero-order valence-electron chi connectivity index (χ0n) is 13.3. The Kier molecular flexibility index (Phi) is 6.43. The van der Waals surface area contributed by atoms with E-state index >= 15 is 0 Å². The van der Waals surface area contributed by atoms with Crippen LogP contribution in [0.25, 0.3) is 0 Å². The van der Waals surface area contributed by atoms with Crippen LogP contribution in [0, 0.1) is 0 Å². The van der Waals surface area contributed by atoms with Crippen LogP contribution in [0.5, 0.6) is 0 Å². The zero-order valence-corrected chi connectivity index (χ0v) is 14.1. The Balaban J connectivity index is 1.97. The molecule has 0 aliphatic rings. The molecular formula is C18H26N2S. The molecule has 0 atom stereocenters. The number of hydrogen-bond donors (Lipinski definition) is 1. The van der Waals surface area contributed by atoms with Gasteiger partial charge in [-0.15, -0.1) is 11.3 Å². The fraction of sp³-hybridized carbons (Fsp3) is 0.444. The van der Waals surface area contributed by atoms with E-state index in [-0.39, 0.29) is 0 Å². The molecule has 1 aromatic heterocycles. The first kappa shape index (κ1) is 16.2. The minimum atomic E-state index is 0.546. The highest BCUT2D eigenvalue weighted by Gasteiger charge is 2.12. The van der Waals surface area contributed by atoms with Crippen molar-refractivity contribution in [2.45, 2.75) is 46.4 Å². The average molecular weight is 302 g/mol. The van der Waals surface area contributed by atoms with Crippen LogP contribution in [0.2, 0.25) is 0 Å². The average Bonchev–Trinajstić information content (AvgIpc) is 2.93. The molecular weight excluding hydrogens is 276 g/mol. The lowest BCUT2D eigenvalue weighted by molar-refractivity contribution is 0.205. The van der Waals surface area contributed by atoms with Crippen molar-refractivity contribution < 1.29 is 0 Å². The summed E-state index contributed by atoms with van der Waals surface area (Å²) >= 11 is 1.92. The smallest absolute Gasteiger partial charge is 0.0334 e. The predicted molar refractivity (Wildman–Crippen MR) is 92.5 cm³/mol. The summed E-state index contributed by atoms with van der Waals surface area (Å²) in [6, 6.07) is 15.8. The van der Waals surface area contributed by atoms with Crippen LogP contribution in [0.3, 0.4) is 0 Å². The van der Waals surface area contributed by atoms with Gasteiger partial charge in [0.2, 0.25) is 0 Å². The first-order valence-electron chi connectivity index (χ1n) is 7.75. The summed E-state index contributed by atoms with van der Waals surface area (Å²) in [4.78, 5) is 5.40. The van der Waals surface area contributed by atoms with Gasteiger partial charge in [0.25, 0.3) is 0 Å². The lowest BCUT2D eigenvalue weighted by Crippen LogP contribution is -2.29. The van der Waals surface area contributed by atoms with Gasteiger partial charge in [-0.05, 0) is 38.1 Å². The monoisotopic (exact) mass is 302 g/mol. The van der Waals surface area contributed by atoms with Crippen molar-refractivity contribution in [3.8, 4) is 0 Å². The summed E-state index contributed by atoms with van der Waals surface area (Å²) in [6.07, 6.45) is 0. The van der Waals surface area contributed by atoms with Gasteiger partial charge in [-0.3, -0.25) is 4.90 Å². The normalized spacial score (nSPS) is 11.5. The van der Waals surface area contributed by atoms with Crippen molar-refractivity contribution in [1.82, 2.24) is 10.2 Å². The molecule has 0 bridgehead atoms. The number of benzene rings is 1. The summed E-state index contributed by atoms with van der Waals surface area (Å²) in [5, 5.41) is 3.39. The first-order chi connectivity index (χ1) is 10.2. The second-order valence-electron chi connectivity index (χ2n) is 5.63. The number of nitrogens with one attached hydrogen (secondary N) is 1. The Morgan fingerprint density at radius 2 is 1.71 bits per heavy atom. The minimum Gasteiger partial charge on any atom is -0.312 e. The molecule has 0 fully saturated rings. The van der Waals surface area contributed by atoms with E-state index in [4.69, 9.17) is 0 Å². The van der Waals surface area contributed by atoms with E-state index in [1.54, 1.807) is 0 Å². The Bertz CT molecular complexity index is 519. The largest absolute Gasteiger partial charge is 0.312 e. The van der Waals surface area contributed by atoms with Gasteiger partial charge >= 0.3 is 0 Å². The second kappa shape index (κ2) is 8.32. The van der Waals surface area contributed by atoms with Crippen molar-refractivity contribution in [1.29, 1.82) is 0 Å². The Morgan fingerprint density at radius 1 is 1.00 bits per heavy atom. The van der Waals surface area contributed by atoms with E-state index in [1.165, 1.54) is 15.3 Å². The maximum absolute atomic E-state index is 3.39.